The predicted molar refractivity (Wildman–Crippen MR) is 85.5 cm³/mol. The van der Waals surface area contributed by atoms with Crippen molar-refractivity contribution in [3.8, 4) is 0 Å². The quantitative estimate of drug-likeness (QED) is 0.819. The summed E-state index contributed by atoms with van der Waals surface area (Å²) >= 11 is 5.01. The average molecular weight is 365 g/mol. The maximum atomic E-state index is 11.9. The zero-order valence-electron chi connectivity index (χ0n) is 11.5. The minimum Gasteiger partial charge on any atom is -0.324 e. The summed E-state index contributed by atoms with van der Waals surface area (Å²) in [7, 11) is 1.77. The van der Waals surface area contributed by atoms with Crippen LogP contribution in [0.2, 0.25) is 0 Å². The zero-order valence-corrected chi connectivity index (χ0v) is 13.9. The standard InChI is InChI=1S/C14H13BrN4OS/c1-7-5-17-14(18-6-7)21-11-4-10-8(3-9(11)15)12(16-2)13(20)19-10/h3-6,12,16H,1-2H3,(H,19,20). The van der Waals surface area contributed by atoms with E-state index in [1.807, 2.05) is 19.1 Å². The molecule has 0 saturated heterocycles. The van der Waals surface area contributed by atoms with Gasteiger partial charge in [-0.15, -0.1) is 0 Å². The predicted octanol–water partition coefficient (Wildman–Crippen LogP) is 2.91. The molecule has 1 aliphatic rings. The van der Waals surface area contributed by atoms with E-state index in [9.17, 15) is 4.79 Å². The van der Waals surface area contributed by atoms with Gasteiger partial charge in [0, 0.05) is 33.0 Å². The molecule has 0 radical (unpaired) electrons. The van der Waals surface area contributed by atoms with Crippen molar-refractivity contribution in [1.29, 1.82) is 0 Å². The smallest absolute Gasteiger partial charge is 0.246 e. The van der Waals surface area contributed by atoms with Crippen LogP contribution in [0.25, 0.3) is 0 Å². The maximum absolute atomic E-state index is 11.9. The lowest BCUT2D eigenvalue weighted by atomic mass is 10.1. The molecule has 1 amide bonds. The molecule has 1 atom stereocenters. The second-order valence-corrected chi connectivity index (χ2v) is 6.59. The summed E-state index contributed by atoms with van der Waals surface area (Å²) in [5, 5.41) is 6.57. The summed E-state index contributed by atoms with van der Waals surface area (Å²) in [6.45, 7) is 1.95. The van der Waals surface area contributed by atoms with Crippen LogP contribution in [0, 0.1) is 6.92 Å². The lowest BCUT2D eigenvalue weighted by Crippen LogP contribution is -2.23. The van der Waals surface area contributed by atoms with Gasteiger partial charge in [-0.05, 0) is 59.4 Å². The third kappa shape index (κ3) is 2.81. The molecule has 21 heavy (non-hydrogen) atoms. The first-order valence-corrected chi connectivity index (χ1v) is 7.97. The minimum absolute atomic E-state index is 0.0341. The van der Waals surface area contributed by atoms with Gasteiger partial charge in [0.1, 0.15) is 6.04 Å². The van der Waals surface area contributed by atoms with Gasteiger partial charge in [-0.1, -0.05) is 0 Å². The number of fused-ring (bicyclic) bond motifs is 1. The molecule has 1 unspecified atom stereocenters. The second kappa shape index (κ2) is 5.75. The van der Waals surface area contributed by atoms with Crippen LogP contribution in [0.5, 0.6) is 0 Å². The molecule has 2 heterocycles. The molecule has 7 heteroatoms. The molecule has 0 fully saturated rings. The Labute approximate surface area is 135 Å². The van der Waals surface area contributed by atoms with Gasteiger partial charge in [0.05, 0.1) is 0 Å². The Morgan fingerprint density at radius 1 is 1.33 bits per heavy atom. The first kappa shape index (κ1) is 14.5. The molecule has 1 aliphatic heterocycles. The fourth-order valence-electron chi connectivity index (χ4n) is 2.16. The number of rotatable bonds is 3. The molecule has 1 aromatic heterocycles. The van der Waals surface area contributed by atoms with E-state index >= 15 is 0 Å². The van der Waals surface area contributed by atoms with E-state index in [4.69, 9.17) is 0 Å². The Balaban J connectivity index is 1.93. The topological polar surface area (TPSA) is 66.9 Å². The van der Waals surface area contributed by atoms with Gasteiger partial charge in [-0.3, -0.25) is 4.79 Å². The van der Waals surface area contributed by atoms with Crippen LogP contribution in [0.3, 0.4) is 0 Å². The van der Waals surface area contributed by atoms with E-state index in [1.54, 1.807) is 19.4 Å². The van der Waals surface area contributed by atoms with Gasteiger partial charge in [-0.25, -0.2) is 9.97 Å². The van der Waals surface area contributed by atoms with E-state index in [0.29, 0.717) is 5.16 Å². The summed E-state index contributed by atoms with van der Waals surface area (Å²) < 4.78 is 0.923. The molecule has 3 rings (SSSR count). The van der Waals surface area contributed by atoms with Gasteiger partial charge in [-0.2, -0.15) is 0 Å². The van der Waals surface area contributed by atoms with Crippen LogP contribution in [-0.4, -0.2) is 22.9 Å². The second-order valence-electron chi connectivity index (χ2n) is 4.73. The Bertz CT molecular complexity index is 705. The van der Waals surface area contributed by atoms with Crippen LogP contribution in [0.1, 0.15) is 17.2 Å². The van der Waals surface area contributed by atoms with Crippen molar-refractivity contribution in [2.24, 2.45) is 0 Å². The number of hydrogen-bond donors (Lipinski definition) is 2. The van der Waals surface area contributed by atoms with E-state index < -0.39 is 0 Å². The normalized spacial score (nSPS) is 16.7. The first-order chi connectivity index (χ1) is 10.1. The SMILES string of the molecule is CNC1C(=O)Nc2cc(Sc3ncc(C)cn3)c(Br)cc21. The molecule has 1 aromatic carbocycles. The highest BCUT2D eigenvalue weighted by Crippen LogP contribution is 2.40. The summed E-state index contributed by atoms with van der Waals surface area (Å²) in [5.41, 5.74) is 2.80. The number of nitrogens with one attached hydrogen (secondary N) is 2. The van der Waals surface area contributed by atoms with Crippen LogP contribution < -0.4 is 10.6 Å². The molecule has 0 spiro atoms. The number of halogens is 1. The highest BCUT2D eigenvalue weighted by Gasteiger charge is 2.30. The van der Waals surface area contributed by atoms with Gasteiger partial charge < -0.3 is 10.6 Å². The molecule has 0 aliphatic carbocycles. The first-order valence-electron chi connectivity index (χ1n) is 6.36. The molecular formula is C14H13BrN4OS. The van der Waals surface area contributed by atoms with Gasteiger partial charge in [0.2, 0.25) is 5.91 Å². The maximum Gasteiger partial charge on any atom is 0.246 e. The van der Waals surface area contributed by atoms with E-state index in [1.165, 1.54) is 11.8 Å². The van der Waals surface area contributed by atoms with Crippen molar-refractivity contribution in [2.45, 2.75) is 23.0 Å². The number of likely N-dealkylation sites (N-methyl/N-ethyl adjacent to an activating group) is 1. The van der Waals surface area contributed by atoms with Crippen LogP contribution in [-0.2, 0) is 4.79 Å². The van der Waals surface area contributed by atoms with Crippen molar-refractivity contribution in [3.63, 3.8) is 0 Å². The largest absolute Gasteiger partial charge is 0.324 e. The molecule has 2 aromatic rings. The van der Waals surface area contributed by atoms with Crippen molar-refractivity contribution >= 4 is 39.3 Å². The third-order valence-electron chi connectivity index (χ3n) is 3.18. The Hall–Kier alpha value is -1.44. The van der Waals surface area contributed by atoms with E-state index in [2.05, 4.69) is 36.5 Å². The molecule has 5 nitrogen and oxygen atoms in total. The van der Waals surface area contributed by atoms with Crippen molar-refractivity contribution in [1.82, 2.24) is 15.3 Å². The molecule has 0 bridgehead atoms. The summed E-state index contributed by atoms with van der Waals surface area (Å²) in [6.07, 6.45) is 3.57. The van der Waals surface area contributed by atoms with E-state index in [0.717, 1.165) is 26.2 Å². The Morgan fingerprint density at radius 2 is 2.05 bits per heavy atom. The zero-order chi connectivity index (χ0) is 15.0. The average Bonchev–Trinajstić information content (AvgIpc) is 2.76. The van der Waals surface area contributed by atoms with Crippen molar-refractivity contribution in [3.05, 3.63) is 40.1 Å². The Kier molecular flexibility index (Phi) is 3.97. The van der Waals surface area contributed by atoms with Gasteiger partial charge in [0.25, 0.3) is 0 Å². The number of aryl methyl sites for hydroxylation is 1. The van der Waals surface area contributed by atoms with Crippen LogP contribution in [0.4, 0.5) is 5.69 Å². The number of benzene rings is 1. The highest BCUT2D eigenvalue weighted by atomic mass is 79.9. The number of amides is 1. The molecular weight excluding hydrogens is 352 g/mol. The van der Waals surface area contributed by atoms with Gasteiger partial charge >= 0.3 is 0 Å². The van der Waals surface area contributed by atoms with Crippen molar-refractivity contribution in [2.75, 3.05) is 12.4 Å². The number of carbonyl (C=O) groups is 1. The van der Waals surface area contributed by atoms with Crippen LogP contribution >= 0.6 is 27.7 Å². The summed E-state index contributed by atoms with van der Waals surface area (Å²) in [5.74, 6) is -0.0341. The van der Waals surface area contributed by atoms with E-state index in [-0.39, 0.29) is 11.9 Å². The Morgan fingerprint density at radius 3 is 2.71 bits per heavy atom. The van der Waals surface area contributed by atoms with Gasteiger partial charge in [0.15, 0.2) is 5.16 Å². The van der Waals surface area contributed by atoms with Crippen LogP contribution in [0.15, 0.2) is 39.1 Å². The number of anilines is 1. The summed E-state index contributed by atoms with van der Waals surface area (Å²) in [4.78, 5) is 21.4. The molecule has 108 valence electrons. The lowest BCUT2D eigenvalue weighted by Gasteiger charge is -2.09. The summed E-state index contributed by atoms with van der Waals surface area (Å²) in [6, 6.07) is 3.61. The fourth-order valence-corrected chi connectivity index (χ4v) is 3.50. The lowest BCUT2D eigenvalue weighted by molar-refractivity contribution is -0.117. The minimum atomic E-state index is -0.300. The number of hydrogen-bond acceptors (Lipinski definition) is 5. The highest BCUT2D eigenvalue weighted by molar-refractivity contribution is 9.10. The molecule has 0 saturated carbocycles. The number of aromatic nitrogens is 2. The third-order valence-corrected chi connectivity index (χ3v) is 5.05. The van der Waals surface area contributed by atoms with Crippen molar-refractivity contribution < 1.29 is 4.79 Å². The monoisotopic (exact) mass is 364 g/mol. The number of nitrogens with zero attached hydrogens (tertiary/aromatic N) is 2. The fraction of sp³-hybridized carbons (Fsp3) is 0.214. The molecule has 2 N–H and O–H groups in total. The number of carbonyl (C=O) groups excluding carboxylic acids is 1.